The molecule has 0 radical (unpaired) electrons. The second kappa shape index (κ2) is 11.0. The highest BCUT2D eigenvalue weighted by Crippen LogP contribution is 2.30. The van der Waals surface area contributed by atoms with Gasteiger partial charge in [0.2, 0.25) is 11.8 Å². The average Bonchev–Trinajstić information content (AvgIpc) is 2.85. The first-order chi connectivity index (χ1) is 16.5. The zero-order valence-electron chi connectivity index (χ0n) is 18.6. The average molecular weight is 478 g/mol. The molecule has 0 bridgehead atoms. The van der Waals surface area contributed by atoms with Crippen LogP contribution in [0.2, 0.25) is 0 Å². The third-order valence-corrected chi connectivity index (χ3v) is 6.48. The monoisotopic (exact) mass is 477 g/mol. The normalized spacial score (nSPS) is 17.0. The van der Waals surface area contributed by atoms with Gasteiger partial charge < -0.3 is 10.1 Å². The van der Waals surface area contributed by atoms with E-state index in [9.17, 15) is 14.0 Å². The van der Waals surface area contributed by atoms with Crippen LogP contribution in [0.4, 0.5) is 15.8 Å². The van der Waals surface area contributed by atoms with Gasteiger partial charge in [-0.25, -0.2) is 9.38 Å². The fourth-order valence-corrected chi connectivity index (χ4v) is 4.61. The van der Waals surface area contributed by atoms with E-state index in [0.29, 0.717) is 35.3 Å². The Hall–Kier alpha value is -3.65. The van der Waals surface area contributed by atoms with E-state index in [0.717, 1.165) is 5.56 Å². The third-order valence-electron chi connectivity index (χ3n) is 5.29. The molecule has 3 aromatic rings. The molecule has 0 unspecified atom stereocenters. The number of carbonyl (C=O) groups is 2. The van der Waals surface area contributed by atoms with Crippen LogP contribution in [0.1, 0.15) is 12.0 Å². The van der Waals surface area contributed by atoms with Crippen LogP contribution in [-0.4, -0.2) is 40.8 Å². The first-order valence-corrected chi connectivity index (χ1v) is 11.7. The lowest BCUT2D eigenvalue weighted by Gasteiger charge is -2.32. The molecular formula is C26H24FN3O3S. The van der Waals surface area contributed by atoms with E-state index in [1.807, 2.05) is 30.3 Å². The van der Waals surface area contributed by atoms with Crippen molar-refractivity contribution >= 4 is 40.1 Å². The fraction of sp³-hybridized carbons (Fsp3) is 0.192. The number of thioether (sulfide) groups is 1. The van der Waals surface area contributed by atoms with Gasteiger partial charge in [-0.15, -0.1) is 0 Å². The van der Waals surface area contributed by atoms with E-state index in [1.165, 1.54) is 23.9 Å². The Kier molecular flexibility index (Phi) is 7.59. The molecule has 4 rings (SSSR count). The van der Waals surface area contributed by atoms with Crippen LogP contribution in [0.15, 0.2) is 83.9 Å². The number of ether oxygens (including phenoxy) is 1. The van der Waals surface area contributed by atoms with Crippen LogP contribution in [-0.2, 0) is 16.0 Å². The molecule has 1 aliphatic rings. The molecule has 1 atom stereocenters. The van der Waals surface area contributed by atoms with Gasteiger partial charge in [0.05, 0.1) is 12.8 Å². The number of hydrogen-bond acceptors (Lipinski definition) is 5. The van der Waals surface area contributed by atoms with Gasteiger partial charge in [0.15, 0.2) is 5.17 Å². The summed E-state index contributed by atoms with van der Waals surface area (Å²) in [5.41, 5.74) is 2.20. The summed E-state index contributed by atoms with van der Waals surface area (Å²) in [5.74, 6) is -0.125. The maximum absolute atomic E-state index is 13.2. The lowest BCUT2D eigenvalue weighted by molar-refractivity contribution is -0.129. The van der Waals surface area contributed by atoms with Crippen LogP contribution in [0.3, 0.4) is 0 Å². The largest absolute Gasteiger partial charge is 0.497 e. The molecule has 0 aromatic heterocycles. The topological polar surface area (TPSA) is 71.0 Å². The van der Waals surface area contributed by atoms with Gasteiger partial charge in [0.1, 0.15) is 16.8 Å². The number of aliphatic imine (C=N–C) groups is 1. The summed E-state index contributed by atoms with van der Waals surface area (Å²) in [6.07, 6.45) is 0.596. The molecule has 8 heteroatoms. The van der Waals surface area contributed by atoms with Crippen molar-refractivity contribution in [3.63, 3.8) is 0 Å². The third kappa shape index (κ3) is 6.02. The smallest absolute Gasteiger partial charge is 0.238 e. The van der Waals surface area contributed by atoms with Crippen molar-refractivity contribution in [3.05, 3.63) is 90.2 Å². The molecule has 1 aliphatic heterocycles. The fourth-order valence-electron chi connectivity index (χ4n) is 3.49. The molecule has 6 nitrogen and oxygen atoms in total. The number of methoxy groups -OCH3 is 1. The van der Waals surface area contributed by atoms with Crippen molar-refractivity contribution < 1.29 is 18.7 Å². The summed E-state index contributed by atoms with van der Waals surface area (Å²) < 4.78 is 18.4. The lowest BCUT2D eigenvalue weighted by Crippen LogP contribution is -2.46. The van der Waals surface area contributed by atoms with Crippen molar-refractivity contribution in [2.75, 3.05) is 19.0 Å². The Morgan fingerprint density at radius 2 is 1.88 bits per heavy atom. The van der Waals surface area contributed by atoms with E-state index < -0.39 is 5.25 Å². The van der Waals surface area contributed by atoms with Crippen molar-refractivity contribution in [2.45, 2.75) is 18.1 Å². The van der Waals surface area contributed by atoms with Crippen molar-refractivity contribution in [3.8, 4) is 5.75 Å². The molecule has 1 N–H and O–H groups in total. The Balaban J connectivity index is 1.52. The number of benzene rings is 3. The molecule has 1 fully saturated rings. The Morgan fingerprint density at radius 1 is 1.12 bits per heavy atom. The van der Waals surface area contributed by atoms with Gasteiger partial charge in [-0.2, -0.15) is 0 Å². The van der Waals surface area contributed by atoms with Gasteiger partial charge >= 0.3 is 0 Å². The SMILES string of the molecule is COc1cccc(NC(=O)[C@H]2CC(=O)N(CCc3ccc(F)cc3)C(=Nc3ccccc3)S2)c1. The van der Waals surface area contributed by atoms with Gasteiger partial charge in [-0.05, 0) is 48.4 Å². The number of hydrogen-bond donors (Lipinski definition) is 1. The molecule has 34 heavy (non-hydrogen) atoms. The molecule has 1 heterocycles. The highest BCUT2D eigenvalue weighted by Gasteiger charge is 2.35. The van der Waals surface area contributed by atoms with E-state index >= 15 is 0 Å². The zero-order valence-corrected chi connectivity index (χ0v) is 19.4. The van der Waals surface area contributed by atoms with E-state index in [2.05, 4.69) is 10.3 Å². The summed E-state index contributed by atoms with van der Waals surface area (Å²) in [6.45, 7) is 0.382. The van der Waals surface area contributed by atoms with E-state index in [4.69, 9.17) is 4.74 Å². The Bertz CT molecular complexity index is 1190. The maximum atomic E-state index is 13.2. The number of anilines is 1. The van der Waals surface area contributed by atoms with Crippen LogP contribution < -0.4 is 10.1 Å². The van der Waals surface area contributed by atoms with Crippen LogP contribution in [0.25, 0.3) is 0 Å². The number of amides is 2. The minimum Gasteiger partial charge on any atom is -0.497 e. The molecule has 1 saturated heterocycles. The molecule has 174 valence electrons. The second-order valence-electron chi connectivity index (χ2n) is 7.68. The summed E-state index contributed by atoms with van der Waals surface area (Å²) in [6, 6.07) is 22.6. The summed E-state index contributed by atoms with van der Waals surface area (Å²) in [4.78, 5) is 32.4. The Labute approximate surface area is 201 Å². The van der Waals surface area contributed by atoms with Gasteiger partial charge in [-0.1, -0.05) is 48.2 Å². The predicted molar refractivity (Wildman–Crippen MR) is 133 cm³/mol. The number of halogens is 1. The number of carbonyl (C=O) groups excluding carboxylic acids is 2. The minimum absolute atomic E-state index is 0.0533. The first-order valence-electron chi connectivity index (χ1n) is 10.8. The van der Waals surface area contributed by atoms with Gasteiger partial charge in [-0.3, -0.25) is 14.5 Å². The molecule has 2 amide bonds. The minimum atomic E-state index is -0.622. The van der Waals surface area contributed by atoms with Gasteiger partial charge in [0.25, 0.3) is 0 Å². The highest BCUT2D eigenvalue weighted by molar-refractivity contribution is 8.15. The number of nitrogens with zero attached hydrogens (tertiary/aromatic N) is 2. The molecule has 0 spiro atoms. The quantitative estimate of drug-likeness (QED) is 0.518. The zero-order chi connectivity index (χ0) is 23.9. The standard InChI is InChI=1S/C26H24FN3O3S/c1-33-22-9-5-8-21(16-22)28-25(32)23-17-24(31)30(15-14-18-10-12-19(27)13-11-18)26(34-23)29-20-6-3-2-4-7-20/h2-13,16,23H,14-15,17H2,1H3,(H,28,32)/t23-/m1/s1. The molecule has 0 aliphatic carbocycles. The lowest BCUT2D eigenvalue weighted by atomic mass is 10.1. The Morgan fingerprint density at radius 3 is 2.62 bits per heavy atom. The number of para-hydroxylation sites is 1. The molecular weight excluding hydrogens is 453 g/mol. The summed E-state index contributed by atoms with van der Waals surface area (Å²) >= 11 is 1.26. The maximum Gasteiger partial charge on any atom is 0.238 e. The summed E-state index contributed by atoms with van der Waals surface area (Å²) in [7, 11) is 1.56. The van der Waals surface area contributed by atoms with Crippen molar-refractivity contribution in [1.29, 1.82) is 0 Å². The van der Waals surface area contributed by atoms with Crippen LogP contribution in [0.5, 0.6) is 5.75 Å². The van der Waals surface area contributed by atoms with Crippen LogP contribution >= 0.6 is 11.8 Å². The number of amidine groups is 1. The highest BCUT2D eigenvalue weighted by atomic mass is 32.2. The number of rotatable bonds is 7. The molecule has 0 saturated carbocycles. The predicted octanol–water partition coefficient (Wildman–Crippen LogP) is 5.04. The molecule has 3 aromatic carbocycles. The van der Waals surface area contributed by atoms with E-state index in [-0.39, 0.29) is 24.1 Å². The van der Waals surface area contributed by atoms with E-state index in [1.54, 1.807) is 48.4 Å². The first kappa shape index (κ1) is 23.5. The van der Waals surface area contributed by atoms with Crippen molar-refractivity contribution in [2.24, 2.45) is 4.99 Å². The second-order valence-corrected chi connectivity index (χ2v) is 8.85. The van der Waals surface area contributed by atoms with Gasteiger partial charge in [0, 0.05) is 24.7 Å². The van der Waals surface area contributed by atoms with Crippen molar-refractivity contribution in [1.82, 2.24) is 4.90 Å². The number of nitrogens with one attached hydrogen (secondary N) is 1. The van der Waals surface area contributed by atoms with Crippen LogP contribution in [0, 0.1) is 5.82 Å². The summed E-state index contributed by atoms with van der Waals surface area (Å²) in [5, 5.41) is 2.71.